The molecule has 0 saturated carbocycles. The lowest BCUT2D eigenvalue weighted by Crippen LogP contribution is -1.97. The Morgan fingerprint density at radius 2 is 2.10 bits per heavy atom. The van der Waals surface area contributed by atoms with Crippen LogP contribution >= 0.6 is 0 Å². The maximum atomic E-state index is 11.1. The van der Waals surface area contributed by atoms with Crippen molar-refractivity contribution in [3.8, 4) is 17.6 Å². The van der Waals surface area contributed by atoms with Gasteiger partial charge in [0.1, 0.15) is 5.75 Å². The van der Waals surface area contributed by atoms with Gasteiger partial charge in [0.15, 0.2) is 0 Å². The van der Waals surface area contributed by atoms with E-state index in [1.54, 1.807) is 24.3 Å². The van der Waals surface area contributed by atoms with E-state index < -0.39 is 11.0 Å². The summed E-state index contributed by atoms with van der Waals surface area (Å²) in [5, 5.41) is 29.4. The van der Waals surface area contributed by atoms with E-state index in [4.69, 9.17) is 10.00 Å². The first kappa shape index (κ1) is 14.5. The van der Waals surface area contributed by atoms with Gasteiger partial charge >= 0.3 is 5.69 Å². The van der Waals surface area contributed by atoms with Crippen molar-refractivity contribution in [3.05, 3.63) is 63.7 Å². The number of aliphatic hydroxyl groups is 1. The van der Waals surface area contributed by atoms with Crippen LogP contribution in [0.5, 0.6) is 11.5 Å². The molecule has 6 nitrogen and oxygen atoms in total. The Kier molecular flexibility index (Phi) is 4.16. The lowest BCUT2D eigenvalue weighted by Gasteiger charge is -2.09. The fourth-order valence-electron chi connectivity index (χ4n) is 1.78. The predicted octanol–water partition coefficient (Wildman–Crippen LogP) is 3.31. The first-order valence-electron chi connectivity index (χ1n) is 6.15. The molecule has 2 aromatic carbocycles. The Labute approximate surface area is 121 Å². The number of aliphatic hydroxyl groups excluding tert-OH is 1. The summed E-state index contributed by atoms with van der Waals surface area (Å²) in [5.41, 5.74) is 0.589. The molecule has 0 aliphatic carbocycles. The number of nitro benzene ring substituents is 1. The van der Waals surface area contributed by atoms with Gasteiger partial charge in [-0.05, 0) is 36.8 Å². The molecule has 1 atom stereocenters. The van der Waals surface area contributed by atoms with Gasteiger partial charge in [0, 0.05) is 6.07 Å². The van der Waals surface area contributed by atoms with Gasteiger partial charge in [-0.25, -0.2) is 0 Å². The SMILES string of the molecule is C[C@H](O)c1ccc(Oc2cccc(C#N)c2)c([N+](=O)[O-])c1. The third kappa shape index (κ3) is 3.35. The Morgan fingerprint density at radius 3 is 2.71 bits per heavy atom. The Balaban J connectivity index is 2.39. The molecule has 0 amide bonds. The molecular formula is C15H12N2O4. The molecule has 0 bridgehead atoms. The van der Waals surface area contributed by atoms with Crippen LogP contribution in [-0.2, 0) is 0 Å². The smallest absolute Gasteiger partial charge is 0.311 e. The third-order valence-electron chi connectivity index (χ3n) is 2.85. The van der Waals surface area contributed by atoms with E-state index in [1.807, 2.05) is 6.07 Å². The van der Waals surface area contributed by atoms with Gasteiger partial charge in [-0.2, -0.15) is 5.26 Å². The van der Waals surface area contributed by atoms with Crippen molar-refractivity contribution in [3.63, 3.8) is 0 Å². The number of ether oxygens (including phenoxy) is 1. The first-order valence-corrected chi connectivity index (χ1v) is 6.15. The highest BCUT2D eigenvalue weighted by atomic mass is 16.6. The van der Waals surface area contributed by atoms with Crippen LogP contribution in [0.2, 0.25) is 0 Å². The zero-order valence-corrected chi connectivity index (χ0v) is 11.2. The fraction of sp³-hybridized carbons (Fsp3) is 0.133. The van der Waals surface area contributed by atoms with Crippen molar-refractivity contribution in [1.82, 2.24) is 0 Å². The van der Waals surface area contributed by atoms with E-state index in [9.17, 15) is 15.2 Å². The summed E-state index contributed by atoms with van der Waals surface area (Å²) in [6, 6.07) is 12.6. The quantitative estimate of drug-likeness (QED) is 0.686. The predicted molar refractivity (Wildman–Crippen MR) is 75.0 cm³/mol. The average Bonchev–Trinajstić information content (AvgIpc) is 2.47. The molecule has 0 unspecified atom stereocenters. The highest BCUT2D eigenvalue weighted by molar-refractivity contribution is 5.51. The second-order valence-corrected chi connectivity index (χ2v) is 4.40. The summed E-state index contributed by atoms with van der Waals surface area (Å²) in [6.45, 7) is 1.52. The monoisotopic (exact) mass is 284 g/mol. The van der Waals surface area contributed by atoms with Crippen molar-refractivity contribution >= 4 is 5.69 Å². The Bertz CT molecular complexity index is 720. The topological polar surface area (TPSA) is 96.4 Å². The van der Waals surface area contributed by atoms with Crippen molar-refractivity contribution in [1.29, 1.82) is 5.26 Å². The van der Waals surface area contributed by atoms with Crippen LogP contribution in [-0.4, -0.2) is 10.0 Å². The molecule has 6 heteroatoms. The van der Waals surface area contributed by atoms with E-state index in [0.717, 1.165) is 0 Å². The van der Waals surface area contributed by atoms with Crippen LogP contribution in [0.15, 0.2) is 42.5 Å². The minimum Gasteiger partial charge on any atom is -0.450 e. The molecule has 0 spiro atoms. The van der Waals surface area contributed by atoms with Gasteiger partial charge in [-0.1, -0.05) is 12.1 Å². The van der Waals surface area contributed by atoms with Crippen LogP contribution < -0.4 is 4.74 Å². The third-order valence-corrected chi connectivity index (χ3v) is 2.85. The van der Waals surface area contributed by atoms with E-state index in [-0.39, 0.29) is 11.4 Å². The van der Waals surface area contributed by atoms with Crippen LogP contribution in [0.1, 0.15) is 24.2 Å². The van der Waals surface area contributed by atoms with Gasteiger partial charge in [0.05, 0.1) is 22.7 Å². The van der Waals surface area contributed by atoms with E-state index in [0.29, 0.717) is 16.9 Å². The van der Waals surface area contributed by atoms with E-state index >= 15 is 0 Å². The molecule has 1 N–H and O–H groups in total. The molecular weight excluding hydrogens is 272 g/mol. The molecule has 2 aromatic rings. The molecule has 2 rings (SSSR count). The van der Waals surface area contributed by atoms with Gasteiger partial charge in [0.2, 0.25) is 5.75 Å². The number of rotatable bonds is 4. The second kappa shape index (κ2) is 6.03. The molecule has 0 heterocycles. The van der Waals surface area contributed by atoms with Crippen molar-refractivity contribution in [2.24, 2.45) is 0 Å². The summed E-state index contributed by atoms with van der Waals surface area (Å²) in [5.74, 6) is 0.390. The lowest BCUT2D eigenvalue weighted by atomic mass is 10.1. The molecule has 106 valence electrons. The summed E-state index contributed by atoms with van der Waals surface area (Å²) < 4.78 is 5.47. The second-order valence-electron chi connectivity index (χ2n) is 4.40. The minimum atomic E-state index is -0.806. The zero-order chi connectivity index (χ0) is 15.4. The van der Waals surface area contributed by atoms with Gasteiger partial charge in [0.25, 0.3) is 0 Å². The van der Waals surface area contributed by atoms with Gasteiger partial charge in [-0.3, -0.25) is 10.1 Å². The molecule has 0 saturated heterocycles. The summed E-state index contributed by atoms with van der Waals surface area (Å²) in [6.07, 6.45) is -0.806. The number of nitrogens with zero attached hydrogens (tertiary/aromatic N) is 2. The average molecular weight is 284 g/mol. The van der Waals surface area contributed by atoms with Crippen LogP contribution in [0.4, 0.5) is 5.69 Å². The summed E-state index contributed by atoms with van der Waals surface area (Å²) in [4.78, 5) is 10.5. The summed E-state index contributed by atoms with van der Waals surface area (Å²) >= 11 is 0. The largest absolute Gasteiger partial charge is 0.450 e. The number of hydrogen-bond acceptors (Lipinski definition) is 5. The number of nitriles is 1. The van der Waals surface area contributed by atoms with Crippen molar-refractivity contribution in [2.75, 3.05) is 0 Å². The van der Waals surface area contributed by atoms with Gasteiger partial charge < -0.3 is 9.84 Å². The minimum absolute atomic E-state index is 0.0551. The maximum Gasteiger partial charge on any atom is 0.311 e. The molecule has 0 aliphatic heterocycles. The molecule has 21 heavy (non-hydrogen) atoms. The molecule has 0 aliphatic rings. The Hall–Kier alpha value is -2.91. The summed E-state index contributed by atoms with van der Waals surface area (Å²) in [7, 11) is 0. The van der Waals surface area contributed by atoms with Crippen LogP contribution in [0.25, 0.3) is 0 Å². The number of nitro groups is 1. The number of hydrogen-bond donors (Lipinski definition) is 1. The van der Waals surface area contributed by atoms with Crippen molar-refractivity contribution < 1.29 is 14.8 Å². The number of benzene rings is 2. The molecule has 0 radical (unpaired) electrons. The molecule has 0 fully saturated rings. The highest BCUT2D eigenvalue weighted by Crippen LogP contribution is 2.33. The lowest BCUT2D eigenvalue weighted by molar-refractivity contribution is -0.385. The van der Waals surface area contributed by atoms with Crippen LogP contribution in [0.3, 0.4) is 0 Å². The first-order chi connectivity index (χ1) is 10.0. The molecule has 0 aromatic heterocycles. The fourth-order valence-corrected chi connectivity index (χ4v) is 1.78. The maximum absolute atomic E-state index is 11.1. The van der Waals surface area contributed by atoms with Crippen LogP contribution in [0, 0.1) is 21.4 Å². The highest BCUT2D eigenvalue weighted by Gasteiger charge is 2.18. The standard InChI is InChI=1S/C15H12N2O4/c1-10(18)12-5-6-15(14(8-12)17(19)20)21-13-4-2-3-11(7-13)9-16/h2-8,10,18H,1H3/t10-/m0/s1. The van der Waals surface area contributed by atoms with E-state index in [1.165, 1.54) is 25.1 Å². The van der Waals surface area contributed by atoms with Gasteiger partial charge in [-0.15, -0.1) is 0 Å². The van der Waals surface area contributed by atoms with E-state index in [2.05, 4.69) is 0 Å². The zero-order valence-electron chi connectivity index (χ0n) is 11.2. The van der Waals surface area contributed by atoms with Crippen molar-refractivity contribution in [2.45, 2.75) is 13.0 Å². The normalized spacial score (nSPS) is 11.5. The Morgan fingerprint density at radius 1 is 1.33 bits per heavy atom.